The first kappa shape index (κ1) is 12.1. The fourth-order valence-corrected chi connectivity index (χ4v) is 2.95. The Morgan fingerprint density at radius 3 is 2.21 bits per heavy atom. The van der Waals surface area contributed by atoms with Crippen molar-refractivity contribution in [1.29, 1.82) is 0 Å². The third kappa shape index (κ3) is 2.17. The molecule has 1 atom stereocenters. The monoisotopic (exact) mass is 192 g/mol. The molecule has 1 aliphatic rings. The summed E-state index contributed by atoms with van der Waals surface area (Å²) < 4.78 is 0. The van der Waals surface area contributed by atoms with E-state index in [-0.39, 0.29) is 5.31 Å². The second kappa shape index (κ2) is 4.72. The van der Waals surface area contributed by atoms with E-state index in [1.807, 2.05) is 0 Å². The molecule has 0 aromatic heterocycles. The minimum Gasteiger partial charge on any atom is -0.0654 e. The highest BCUT2D eigenvalue weighted by atomic mass is 14.4. The molecule has 80 valence electrons. The Labute approximate surface area is 91.3 Å². The van der Waals surface area contributed by atoms with Crippen molar-refractivity contribution in [3.8, 4) is 0 Å². The van der Waals surface area contributed by atoms with Gasteiger partial charge < -0.3 is 0 Å². The van der Waals surface area contributed by atoms with Crippen molar-refractivity contribution in [3.05, 3.63) is 0 Å². The minimum absolute atomic E-state index is 0.150. The zero-order valence-electron chi connectivity index (χ0n) is 10.2. The maximum atomic E-state index is 6.59. The topological polar surface area (TPSA) is 0 Å². The molecular formula is C13H25B. The van der Waals surface area contributed by atoms with E-state index in [4.69, 9.17) is 7.85 Å². The Balaban J connectivity index is 2.66. The Morgan fingerprint density at radius 1 is 1.21 bits per heavy atom. The van der Waals surface area contributed by atoms with E-state index in [0.717, 1.165) is 0 Å². The fourth-order valence-electron chi connectivity index (χ4n) is 2.95. The normalized spacial score (nSPS) is 24.8. The van der Waals surface area contributed by atoms with Crippen molar-refractivity contribution < 1.29 is 0 Å². The van der Waals surface area contributed by atoms with Gasteiger partial charge in [0.25, 0.3) is 0 Å². The smallest absolute Gasteiger partial charge is 0.0654 e. The van der Waals surface area contributed by atoms with Gasteiger partial charge in [-0.1, -0.05) is 71.0 Å². The summed E-state index contributed by atoms with van der Waals surface area (Å²) in [4.78, 5) is 0. The van der Waals surface area contributed by atoms with Crippen molar-refractivity contribution in [2.24, 2.45) is 5.41 Å². The number of hydrogen-bond donors (Lipinski definition) is 0. The molecule has 0 bridgehead atoms. The van der Waals surface area contributed by atoms with Gasteiger partial charge >= 0.3 is 0 Å². The molecule has 0 heterocycles. The van der Waals surface area contributed by atoms with Gasteiger partial charge in [-0.2, -0.15) is 0 Å². The highest BCUT2D eigenvalue weighted by Crippen LogP contribution is 2.58. The second-order valence-electron chi connectivity index (χ2n) is 5.38. The predicted octanol–water partition coefficient (Wildman–Crippen LogP) is 4.49. The quantitative estimate of drug-likeness (QED) is 0.563. The van der Waals surface area contributed by atoms with Gasteiger partial charge in [-0.15, -0.1) is 0 Å². The molecule has 2 radical (unpaired) electrons. The molecule has 0 aliphatic heterocycles. The molecule has 1 aliphatic carbocycles. The summed E-state index contributed by atoms with van der Waals surface area (Å²) >= 11 is 0. The molecule has 0 N–H and O–H groups in total. The van der Waals surface area contributed by atoms with Crippen LogP contribution in [0.3, 0.4) is 0 Å². The van der Waals surface area contributed by atoms with Crippen LogP contribution in [0.15, 0.2) is 0 Å². The number of hydrogen-bond acceptors (Lipinski definition) is 0. The van der Waals surface area contributed by atoms with Crippen LogP contribution in [0.2, 0.25) is 5.31 Å². The van der Waals surface area contributed by atoms with Gasteiger partial charge in [0, 0.05) is 0 Å². The fraction of sp³-hybridized carbons (Fsp3) is 1.00. The van der Waals surface area contributed by atoms with Crippen LogP contribution in [-0.4, -0.2) is 7.85 Å². The third-order valence-corrected chi connectivity index (χ3v) is 4.56. The van der Waals surface area contributed by atoms with E-state index >= 15 is 0 Å². The Kier molecular flexibility index (Phi) is 4.09. The molecule has 1 rings (SSSR count). The van der Waals surface area contributed by atoms with E-state index in [1.54, 1.807) is 0 Å². The van der Waals surface area contributed by atoms with Crippen LogP contribution in [-0.2, 0) is 0 Å². The standard InChI is InChI=1S/C13H25B/c1-4-6-9-12(3,5-2)13(14)10-7-8-11-13/h4-11H2,1-3H3. The largest absolute Gasteiger partial charge is 0.0753 e. The van der Waals surface area contributed by atoms with Crippen molar-refractivity contribution in [2.45, 2.75) is 77.5 Å². The summed E-state index contributed by atoms with van der Waals surface area (Å²) in [5.74, 6) is 0. The molecule has 0 aromatic carbocycles. The highest BCUT2D eigenvalue weighted by molar-refractivity contribution is 6.16. The lowest BCUT2D eigenvalue weighted by Crippen LogP contribution is -2.32. The number of rotatable bonds is 5. The van der Waals surface area contributed by atoms with Crippen LogP contribution in [0.4, 0.5) is 0 Å². The maximum absolute atomic E-state index is 6.59. The van der Waals surface area contributed by atoms with Crippen LogP contribution in [0.25, 0.3) is 0 Å². The molecule has 1 unspecified atom stereocenters. The number of unbranched alkanes of at least 4 members (excludes halogenated alkanes) is 1. The van der Waals surface area contributed by atoms with Crippen LogP contribution >= 0.6 is 0 Å². The zero-order valence-corrected chi connectivity index (χ0v) is 10.2. The first-order chi connectivity index (χ1) is 6.58. The van der Waals surface area contributed by atoms with Crippen LogP contribution < -0.4 is 0 Å². The van der Waals surface area contributed by atoms with Gasteiger partial charge in [-0.05, 0) is 11.8 Å². The summed E-state index contributed by atoms with van der Waals surface area (Å²) in [6, 6.07) is 0. The lowest BCUT2D eigenvalue weighted by Gasteiger charge is -2.45. The second-order valence-corrected chi connectivity index (χ2v) is 5.38. The van der Waals surface area contributed by atoms with E-state index in [2.05, 4.69) is 20.8 Å². The average molecular weight is 192 g/mol. The lowest BCUT2D eigenvalue weighted by atomic mass is 9.49. The molecule has 0 amide bonds. The maximum Gasteiger partial charge on any atom is 0.0753 e. The minimum atomic E-state index is 0.150. The van der Waals surface area contributed by atoms with Crippen molar-refractivity contribution in [1.82, 2.24) is 0 Å². The van der Waals surface area contributed by atoms with Gasteiger partial charge in [0.1, 0.15) is 0 Å². The highest BCUT2D eigenvalue weighted by Gasteiger charge is 2.43. The molecule has 1 saturated carbocycles. The van der Waals surface area contributed by atoms with Gasteiger partial charge in [0.05, 0.1) is 7.85 Å². The average Bonchev–Trinajstić information content (AvgIpc) is 2.63. The van der Waals surface area contributed by atoms with Crippen molar-refractivity contribution >= 4 is 7.85 Å². The zero-order chi connectivity index (χ0) is 10.7. The van der Waals surface area contributed by atoms with Gasteiger partial charge in [-0.25, -0.2) is 0 Å². The summed E-state index contributed by atoms with van der Waals surface area (Å²) in [6.45, 7) is 6.99. The molecular weight excluding hydrogens is 167 g/mol. The lowest BCUT2D eigenvalue weighted by molar-refractivity contribution is 0.176. The molecule has 0 aromatic rings. The van der Waals surface area contributed by atoms with E-state index in [1.165, 1.54) is 51.4 Å². The van der Waals surface area contributed by atoms with E-state index < -0.39 is 0 Å². The van der Waals surface area contributed by atoms with Crippen LogP contribution in [0, 0.1) is 5.41 Å². The summed E-state index contributed by atoms with van der Waals surface area (Å²) in [5, 5.41) is 0.150. The summed E-state index contributed by atoms with van der Waals surface area (Å²) in [5.41, 5.74) is 0.388. The Morgan fingerprint density at radius 2 is 1.79 bits per heavy atom. The molecule has 0 nitrogen and oxygen atoms in total. The summed E-state index contributed by atoms with van der Waals surface area (Å²) in [7, 11) is 6.59. The third-order valence-electron chi connectivity index (χ3n) is 4.56. The molecule has 0 spiro atoms. The first-order valence-corrected chi connectivity index (χ1v) is 6.37. The SMILES string of the molecule is [B]C1(C(C)(CC)CCCC)CCCC1. The molecule has 0 saturated heterocycles. The van der Waals surface area contributed by atoms with Gasteiger partial charge in [0.15, 0.2) is 0 Å². The van der Waals surface area contributed by atoms with E-state index in [0.29, 0.717) is 5.41 Å². The van der Waals surface area contributed by atoms with Gasteiger partial charge in [0.2, 0.25) is 0 Å². The Hall–Kier alpha value is 0.0649. The van der Waals surface area contributed by atoms with Crippen molar-refractivity contribution in [3.63, 3.8) is 0 Å². The molecule has 1 fully saturated rings. The first-order valence-electron chi connectivity index (χ1n) is 6.37. The van der Waals surface area contributed by atoms with Gasteiger partial charge in [-0.3, -0.25) is 0 Å². The molecule has 14 heavy (non-hydrogen) atoms. The van der Waals surface area contributed by atoms with Crippen LogP contribution in [0.1, 0.15) is 72.1 Å². The Bertz CT molecular complexity index is 170. The summed E-state index contributed by atoms with van der Waals surface area (Å²) in [6.07, 6.45) is 10.4. The van der Waals surface area contributed by atoms with Crippen molar-refractivity contribution in [2.75, 3.05) is 0 Å². The van der Waals surface area contributed by atoms with Crippen LogP contribution in [0.5, 0.6) is 0 Å². The molecule has 1 heteroatoms. The predicted molar refractivity (Wildman–Crippen MR) is 64.8 cm³/mol. The van der Waals surface area contributed by atoms with E-state index in [9.17, 15) is 0 Å².